The largest absolute Gasteiger partial charge is 0.497 e. The highest BCUT2D eigenvalue weighted by Crippen LogP contribution is 2.49. The summed E-state index contributed by atoms with van der Waals surface area (Å²) < 4.78 is 5.54. The fraction of sp³-hybridized carbons (Fsp3) is 0.478. The summed E-state index contributed by atoms with van der Waals surface area (Å²) in [6.07, 6.45) is 4.97. The predicted octanol–water partition coefficient (Wildman–Crippen LogP) is 4.55. The third kappa shape index (κ3) is 3.33. The average Bonchev–Trinajstić information content (AvgIpc) is 2.69. The number of nitrogens with one attached hydrogen (secondary N) is 1. The summed E-state index contributed by atoms with van der Waals surface area (Å²) in [4.78, 5) is 2.51. The van der Waals surface area contributed by atoms with Crippen molar-refractivity contribution in [1.82, 2.24) is 4.90 Å². The molecule has 0 bridgehead atoms. The molecular formula is C23H30N2O. The van der Waals surface area contributed by atoms with Gasteiger partial charge in [-0.1, -0.05) is 30.3 Å². The zero-order valence-electron chi connectivity index (χ0n) is 15.9. The standard InChI is InChI=1S/C23H30N2O/c1-25-14-13-23(18-7-6-10-22(15-18)26-2)16-21(12-11-19(23)17-25)24-20-8-4-3-5-9-20/h3-10,15,19,21,24H,11-14,16-17H2,1-2H3. The first kappa shape index (κ1) is 17.4. The van der Waals surface area contributed by atoms with Crippen LogP contribution in [-0.2, 0) is 5.41 Å². The van der Waals surface area contributed by atoms with Gasteiger partial charge in [-0.15, -0.1) is 0 Å². The van der Waals surface area contributed by atoms with Crippen molar-refractivity contribution < 1.29 is 4.74 Å². The normalized spacial score (nSPS) is 29.0. The number of hydrogen-bond donors (Lipinski definition) is 1. The van der Waals surface area contributed by atoms with Gasteiger partial charge >= 0.3 is 0 Å². The third-order valence-electron chi connectivity index (χ3n) is 6.52. The van der Waals surface area contributed by atoms with E-state index in [2.05, 4.69) is 71.9 Å². The Morgan fingerprint density at radius 3 is 2.73 bits per heavy atom. The number of fused-ring (bicyclic) bond motifs is 1. The summed E-state index contributed by atoms with van der Waals surface area (Å²) in [5, 5.41) is 3.80. The molecule has 4 rings (SSSR count). The van der Waals surface area contributed by atoms with Crippen LogP contribution >= 0.6 is 0 Å². The van der Waals surface area contributed by atoms with Crippen LogP contribution in [0.3, 0.4) is 0 Å². The molecule has 2 aromatic rings. The second-order valence-corrected chi connectivity index (χ2v) is 8.09. The molecule has 0 spiro atoms. The molecule has 1 heterocycles. The Hall–Kier alpha value is -2.00. The van der Waals surface area contributed by atoms with Gasteiger partial charge in [0.2, 0.25) is 0 Å². The first-order chi connectivity index (χ1) is 12.7. The topological polar surface area (TPSA) is 24.5 Å². The molecule has 3 nitrogen and oxygen atoms in total. The fourth-order valence-electron chi connectivity index (χ4n) is 5.14. The number of benzene rings is 2. The number of likely N-dealkylation sites (tertiary alicyclic amines) is 1. The molecule has 3 unspecified atom stereocenters. The van der Waals surface area contributed by atoms with Crippen LogP contribution < -0.4 is 10.1 Å². The lowest BCUT2D eigenvalue weighted by Crippen LogP contribution is -2.53. The molecule has 0 aromatic heterocycles. The lowest BCUT2D eigenvalue weighted by atomic mass is 9.58. The van der Waals surface area contributed by atoms with Gasteiger partial charge in [-0.2, -0.15) is 0 Å². The van der Waals surface area contributed by atoms with Crippen molar-refractivity contribution in [3.63, 3.8) is 0 Å². The van der Waals surface area contributed by atoms with Crippen LogP contribution in [0.4, 0.5) is 5.69 Å². The molecular weight excluding hydrogens is 320 g/mol. The third-order valence-corrected chi connectivity index (χ3v) is 6.52. The summed E-state index contributed by atoms with van der Waals surface area (Å²) >= 11 is 0. The molecule has 0 amide bonds. The van der Waals surface area contributed by atoms with Crippen LogP contribution in [0.1, 0.15) is 31.2 Å². The van der Waals surface area contributed by atoms with E-state index in [1.54, 1.807) is 7.11 Å². The molecule has 2 aromatic carbocycles. The summed E-state index contributed by atoms with van der Waals surface area (Å²) in [6, 6.07) is 20.0. The average molecular weight is 351 g/mol. The lowest BCUT2D eigenvalue weighted by Gasteiger charge is -2.52. The summed E-state index contributed by atoms with van der Waals surface area (Å²) in [7, 11) is 4.04. The first-order valence-electron chi connectivity index (χ1n) is 9.84. The molecule has 1 N–H and O–H groups in total. The number of ether oxygens (including phenoxy) is 1. The minimum Gasteiger partial charge on any atom is -0.497 e. The Labute approximate surface area is 157 Å². The van der Waals surface area contributed by atoms with Crippen molar-refractivity contribution in [1.29, 1.82) is 0 Å². The monoisotopic (exact) mass is 350 g/mol. The van der Waals surface area contributed by atoms with Crippen molar-refractivity contribution >= 4 is 5.69 Å². The van der Waals surface area contributed by atoms with Gasteiger partial charge in [-0.25, -0.2) is 0 Å². The molecule has 2 aliphatic rings. The smallest absolute Gasteiger partial charge is 0.119 e. The van der Waals surface area contributed by atoms with E-state index in [1.165, 1.54) is 50.0 Å². The number of hydrogen-bond acceptors (Lipinski definition) is 3. The fourth-order valence-corrected chi connectivity index (χ4v) is 5.14. The number of para-hydroxylation sites is 1. The Balaban J connectivity index is 1.64. The number of piperidine rings is 1. The van der Waals surface area contributed by atoms with Crippen molar-refractivity contribution in [2.45, 2.75) is 37.1 Å². The van der Waals surface area contributed by atoms with E-state index < -0.39 is 0 Å². The Bertz CT molecular complexity index is 732. The van der Waals surface area contributed by atoms with Crippen molar-refractivity contribution in [3.8, 4) is 5.75 Å². The highest BCUT2D eigenvalue weighted by Gasteiger charge is 2.47. The van der Waals surface area contributed by atoms with E-state index in [1.807, 2.05) is 0 Å². The molecule has 138 valence electrons. The Kier molecular flexibility index (Phi) is 4.90. The number of anilines is 1. The van der Waals surface area contributed by atoms with Crippen molar-refractivity contribution in [2.75, 3.05) is 32.6 Å². The second-order valence-electron chi connectivity index (χ2n) is 8.09. The molecule has 0 radical (unpaired) electrons. The molecule has 1 aliphatic carbocycles. The first-order valence-corrected chi connectivity index (χ1v) is 9.84. The second kappa shape index (κ2) is 7.32. The van der Waals surface area contributed by atoms with E-state index in [4.69, 9.17) is 4.74 Å². The van der Waals surface area contributed by atoms with Gasteiger partial charge < -0.3 is 15.0 Å². The quantitative estimate of drug-likeness (QED) is 0.875. The zero-order chi connectivity index (χ0) is 18.0. The number of methoxy groups -OCH3 is 1. The maximum absolute atomic E-state index is 5.54. The SMILES string of the molecule is COc1cccc(C23CCN(C)CC2CCC(Nc2ccccc2)C3)c1. The maximum Gasteiger partial charge on any atom is 0.119 e. The summed E-state index contributed by atoms with van der Waals surface area (Å²) in [5.74, 6) is 1.70. The predicted molar refractivity (Wildman–Crippen MR) is 108 cm³/mol. The van der Waals surface area contributed by atoms with E-state index in [0.29, 0.717) is 6.04 Å². The lowest BCUT2D eigenvalue weighted by molar-refractivity contribution is 0.0657. The molecule has 3 atom stereocenters. The van der Waals surface area contributed by atoms with E-state index in [0.717, 1.165) is 11.7 Å². The molecule has 2 fully saturated rings. The van der Waals surface area contributed by atoms with Gasteiger partial charge in [-0.3, -0.25) is 0 Å². The Morgan fingerprint density at radius 1 is 1.08 bits per heavy atom. The van der Waals surface area contributed by atoms with Gasteiger partial charge in [0.05, 0.1) is 7.11 Å². The number of nitrogens with zero attached hydrogens (tertiary/aromatic N) is 1. The summed E-state index contributed by atoms with van der Waals surface area (Å²) in [6.45, 7) is 2.38. The molecule has 1 saturated carbocycles. The van der Waals surface area contributed by atoms with Crippen molar-refractivity contribution in [3.05, 3.63) is 60.2 Å². The van der Waals surface area contributed by atoms with Crippen LogP contribution in [0.25, 0.3) is 0 Å². The Morgan fingerprint density at radius 2 is 1.92 bits per heavy atom. The highest BCUT2D eigenvalue weighted by molar-refractivity contribution is 5.44. The molecule has 26 heavy (non-hydrogen) atoms. The van der Waals surface area contributed by atoms with E-state index >= 15 is 0 Å². The van der Waals surface area contributed by atoms with E-state index in [-0.39, 0.29) is 5.41 Å². The van der Waals surface area contributed by atoms with Gasteiger partial charge in [0.25, 0.3) is 0 Å². The van der Waals surface area contributed by atoms with Crippen LogP contribution in [0, 0.1) is 5.92 Å². The van der Waals surface area contributed by atoms with Crippen LogP contribution in [0.15, 0.2) is 54.6 Å². The van der Waals surface area contributed by atoms with Gasteiger partial charge in [-0.05, 0) is 75.0 Å². The molecule has 3 heteroatoms. The minimum atomic E-state index is 0.256. The zero-order valence-corrected chi connectivity index (χ0v) is 15.9. The van der Waals surface area contributed by atoms with Gasteiger partial charge in [0.1, 0.15) is 5.75 Å². The highest BCUT2D eigenvalue weighted by atomic mass is 16.5. The van der Waals surface area contributed by atoms with E-state index in [9.17, 15) is 0 Å². The van der Waals surface area contributed by atoms with Gasteiger partial charge in [0, 0.05) is 23.7 Å². The maximum atomic E-state index is 5.54. The van der Waals surface area contributed by atoms with Crippen LogP contribution in [0.5, 0.6) is 5.75 Å². The van der Waals surface area contributed by atoms with Crippen LogP contribution in [0.2, 0.25) is 0 Å². The van der Waals surface area contributed by atoms with Gasteiger partial charge in [0.15, 0.2) is 0 Å². The number of rotatable bonds is 4. The minimum absolute atomic E-state index is 0.256. The summed E-state index contributed by atoms with van der Waals surface area (Å²) in [5.41, 5.74) is 2.96. The van der Waals surface area contributed by atoms with Crippen LogP contribution in [-0.4, -0.2) is 38.2 Å². The molecule has 1 aliphatic heterocycles. The molecule has 1 saturated heterocycles. The van der Waals surface area contributed by atoms with Crippen molar-refractivity contribution in [2.24, 2.45) is 5.92 Å².